The van der Waals surface area contributed by atoms with Gasteiger partial charge in [0.2, 0.25) is 0 Å². The van der Waals surface area contributed by atoms with E-state index in [9.17, 15) is 26.3 Å². The first-order valence-corrected chi connectivity index (χ1v) is 5.29. The van der Waals surface area contributed by atoms with Crippen LogP contribution in [0.4, 0.5) is 26.3 Å². The molecule has 0 radical (unpaired) electrons. The molecule has 0 aromatic rings. The SMILES string of the molecule is CC(C(F)(F)F)C1(C(F)(F)F)C(C)(C)C1(C)C. The van der Waals surface area contributed by atoms with E-state index in [0.29, 0.717) is 6.92 Å². The molecule has 6 heteroatoms. The van der Waals surface area contributed by atoms with Gasteiger partial charge in [0.25, 0.3) is 0 Å². The zero-order valence-corrected chi connectivity index (χ0v) is 10.3. The van der Waals surface area contributed by atoms with Crippen molar-refractivity contribution in [2.24, 2.45) is 22.2 Å². The Kier molecular flexibility index (Phi) is 2.69. The molecule has 1 atom stereocenters. The smallest absolute Gasteiger partial charge is 0.171 e. The zero-order chi connectivity index (χ0) is 14.1. The third kappa shape index (κ3) is 1.38. The fourth-order valence-corrected chi connectivity index (χ4v) is 3.64. The first-order chi connectivity index (χ1) is 7.15. The van der Waals surface area contributed by atoms with Crippen molar-refractivity contribution in [3.8, 4) is 0 Å². The second-order valence-electron chi connectivity index (χ2n) is 5.82. The van der Waals surface area contributed by atoms with Crippen molar-refractivity contribution in [1.29, 1.82) is 0 Å². The van der Waals surface area contributed by atoms with Crippen LogP contribution in [-0.4, -0.2) is 12.4 Å². The minimum atomic E-state index is -4.87. The lowest BCUT2D eigenvalue weighted by Gasteiger charge is -2.32. The Morgan fingerprint density at radius 2 is 1.06 bits per heavy atom. The van der Waals surface area contributed by atoms with Gasteiger partial charge in [0.15, 0.2) is 0 Å². The molecule has 0 bridgehead atoms. The van der Waals surface area contributed by atoms with Crippen molar-refractivity contribution in [3.05, 3.63) is 0 Å². The lowest BCUT2D eigenvalue weighted by Crippen LogP contribution is -2.43. The molecule has 17 heavy (non-hydrogen) atoms. The van der Waals surface area contributed by atoms with E-state index >= 15 is 0 Å². The van der Waals surface area contributed by atoms with Crippen LogP contribution in [0.5, 0.6) is 0 Å². The molecule has 0 heterocycles. The monoisotopic (exact) mass is 262 g/mol. The summed E-state index contributed by atoms with van der Waals surface area (Å²) in [7, 11) is 0. The number of halogens is 6. The summed E-state index contributed by atoms with van der Waals surface area (Å²) in [5.74, 6) is -2.40. The molecule has 0 aliphatic heterocycles. The van der Waals surface area contributed by atoms with Gasteiger partial charge in [-0.1, -0.05) is 34.6 Å². The second-order valence-corrected chi connectivity index (χ2v) is 5.82. The predicted octanol–water partition coefficient (Wildman–Crippen LogP) is 4.80. The van der Waals surface area contributed by atoms with E-state index in [2.05, 4.69) is 0 Å². The van der Waals surface area contributed by atoms with Gasteiger partial charge in [0.1, 0.15) is 0 Å². The maximum atomic E-state index is 13.2. The normalized spacial score (nSPS) is 27.7. The predicted molar refractivity (Wildman–Crippen MR) is 51.3 cm³/mol. The Morgan fingerprint density at radius 3 is 1.12 bits per heavy atom. The minimum absolute atomic E-state index is 0.629. The molecule has 1 rings (SSSR count). The standard InChI is InChI=1S/C11H16F6/c1-6(10(12,13)14)9(11(15,16)17)7(2,3)8(9,4)5/h6H,1-5H3. The van der Waals surface area contributed by atoms with E-state index in [1.165, 1.54) is 27.7 Å². The lowest BCUT2D eigenvalue weighted by atomic mass is 9.80. The lowest BCUT2D eigenvalue weighted by molar-refractivity contribution is -0.277. The van der Waals surface area contributed by atoms with Crippen LogP contribution in [0.1, 0.15) is 34.6 Å². The van der Waals surface area contributed by atoms with Gasteiger partial charge >= 0.3 is 12.4 Å². The molecule has 1 aliphatic carbocycles. The van der Waals surface area contributed by atoms with Gasteiger partial charge in [-0.2, -0.15) is 26.3 Å². The van der Waals surface area contributed by atoms with E-state index in [4.69, 9.17) is 0 Å². The van der Waals surface area contributed by atoms with Crippen LogP contribution in [0, 0.1) is 22.2 Å². The maximum absolute atomic E-state index is 13.2. The van der Waals surface area contributed by atoms with Gasteiger partial charge in [0.05, 0.1) is 11.3 Å². The van der Waals surface area contributed by atoms with Crippen molar-refractivity contribution < 1.29 is 26.3 Å². The summed E-state index contributed by atoms with van der Waals surface area (Å²) in [6, 6.07) is 0. The first-order valence-electron chi connectivity index (χ1n) is 5.29. The highest BCUT2D eigenvalue weighted by atomic mass is 19.4. The van der Waals surface area contributed by atoms with E-state index < -0.39 is 34.5 Å². The van der Waals surface area contributed by atoms with Gasteiger partial charge in [-0.05, 0) is 10.8 Å². The van der Waals surface area contributed by atoms with Crippen LogP contribution < -0.4 is 0 Å². The number of rotatable bonds is 1. The molecule has 0 aromatic carbocycles. The second kappa shape index (κ2) is 3.12. The molecule has 102 valence electrons. The molecule has 1 unspecified atom stereocenters. The van der Waals surface area contributed by atoms with E-state index in [-0.39, 0.29) is 0 Å². The molecule has 0 N–H and O–H groups in total. The van der Waals surface area contributed by atoms with Crippen LogP contribution in [0.25, 0.3) is 0 Å². The van der Waals surface area contributed by atoms with E-state index in [0.717, 1.165) is 0 Å². The summed E-state index contributed by atoms with van der Waals surface area (Å²) in [4.78, 5) is 0. The highest BCUT2D eigenvalue weighted by Gasteiger charge is 2.91. The van der Waals surface area contributed by atoms with Crippen LogP contribution >= 0.6 is 0 Å². The van der Waals surface area contributed by atoms with Gasteiger partial charge < -0.3 is 0 Å². The van der Waals surface area contributed by atoms with Gasteiger partial charge in [0, 0.05) is 0 Å². The van der Waals surface area contributed by atoms with Gasteiger partial charge in [-0.25, -0.2) is 0 Å². The van der Waals surface area contributed by atoms with Crippen molar-refractivity contribution in [2.45, 2.75) is 47.0 Å². The quantitative estimate of drug-likeness (QED) is 0.595. The average molecular weight is 262 g/mol. The summed E-state index contributed by atoms with van der Waals surface area (Å²) in [5, 5.41) is 0. The van der Waals surface area contributed by atoms with Crippen molar-refractivity contribution in [2.75, 3.05) is 0 Å². The summed E-state index contributed by atoms with van der Waals surface area (Å²) in [6.07, 6.45) is -9.71. The topological polar surface area (TPSA) is 0 Å². The third-order valence-electron chi connectivity index (χ3n) is 5.06. The molecule has 1 fully saturated rings. The summed E-state index contributed by atoms with van der Waals surface area (Å²) in [5.41, 5.74) is -5.55. The molecule has 1 aliphatic rings. The minimum Gasteiger partial charge on any atom is -0.171 e. The Morgan fingerprint density at radius 1 is 0.765 bits per heavy atom. The van der Waals surface area contributed by atoms with Crippen LogP contribution in [0.3, 0.4) is 0 Å². The number of hydrogen-bond donors (Lipinski definition) is 0. The summed E-state index contributed by atoms with van der Waals surface area (Å²) < 4.78 is 77.6. The summed E-state index contributed by atoms with van der Waals surface area (Å²) >= 11 is 0. The molecule has 0 amide bonds. The fourth-order valence-electron chi connectivity index (χ4n) is 3.64. The summed E-state index contributed by atoms with van der Waals surface area (Å²) in [6.45, 7) is 5.64. The van der Waals surface area contributed by atoms with Gasteiger partial charge in [-0.15, -0.1) is 0 Å². The third-order valence-corrected chi connectivity index (χ3v) is 5.06. The molecule has 1 saturated carbocycles. The van der Waals surface area contributed by atoms with Crippen molar-refractivity contribution in [1.82, 2.24) is 0 Å². The van der Waals surface area contributed by atoms with Crippen LogP contribution in [0.15, 0.2) is 0 Å². The van der Waals surface area contributed by atoms with Gasteiger partial charge in [-0.3, -0.25) is 0 Å². The maximum Gasteiger partial charge on any atom is 0.396 e. The zero-order valence-electron chi connectivity index (χ0n) is 10.3. The highest BCUT2D eigenvalue weighted by molar-refractivity contribution is 5.28. The van der Waals surface area contributed by atoms with Crippen LogP contribution in [0.2, 0.25) is 0 Å². The molecule has 0 nitrogen and oxygen atoms in total. The number of alkyl halides is 6. The average Bonchev–Trinajstić information content (AvgIpc) is 2.34. The Hall–Kier alpha value is -0.420. The first kappa shape index (κ1) is 14.6. The Balaban J connectivity index is 3.39. The number of hydrogen-bond acceptors (Lipinski definition) is 0. The fraction of sp³-hybridized carbons (Fsp3) is 1.00. The van der Waals surface area contributed by atoms with E-state index in [1.54, 1.807) is 0 Å². The Bertz CT molecular complexity index is 306. The van der Waals surface area contributed by atoms with E-state index in [1.807, 2.05) is 0 Å². The molecule has 0 aromatic heterocycles. The molecular weight excluding hydrogens is 246 g/mol. The Labute approximate surface area is 96.4 Å². The largest absolute Gasteiger partial charge is 0.396 e. The van der Waals surface area contributed by atoms with Crippen molar-refractivity contribution in [3.63, 3.8) is 0 Å². The molecular formula is C11H16F6. The molecule has 0 saturated heterocycles. The van der Waals surface area contributed by atoms with Crippen molar-refractivity contribution >= 4 is 0 Å². The molecule has 0 spiro atoms. The highest BCUT2D eigenvalue weighted by Crippen LogP contribution is 2.86. The van der Waals surface area contributed by atoms with Crippen LogP contribution in [-0.2, 0) is 0 Å².